The zero-order valence-electron chi connectivity index (χ0n) is 27.4. The average Bonchev–Trinajstić information content (AvgIpc) is 3.02. The van der Waals surface area contributed by atoms with Gasteiger partial charge in [0.15, 0.2) is 6.10 Å². The second-order valence-corrected chi connectivity index (χ2v) is 13.1. The van der Waals surface area contributed by atoms with Crippen molar-refractivity contribution in [2.75, 3.05) is 13.2 Å². The van der Waals surface area contributed by atoms with E-state index in [0.29, 0.717) is 12.8 Å². The molecule has 0 saturated heterocycles. The largest absolute Gasteiger partial charge is 0.472 e. The normalized spacial score (nSPS) is 25.5. The van der Waals surface area contributed by atoms with Gasteiger partial charge in [0, 0.05) is 12.8 Å². The molecule has 6 unspecified atom stereocenters. The molecule has 0 bridgehead atoms. The highest BCUT2D eigenvalue weighted by Crippen LogP contribution is 2.47. The molecule has 14 heteroatoms. The van der Waals surface area contributed by atoms with Crippen LogP contribution < -0.4 is 0 Å². The summed E-state index contributed by atoms with van der Waals surface area (Å²) < 4.78 is 32.8. The summed E-state index contributed by atoms with van der Waals surface area (Å²) in [5.41, 5.74) is 0. The van der Waals surface area contributed by atoms with Gasteiger partial charge in [-0.3, -0.25) is 18.6 Å². The minimum absolute atomic E-state index is 0.0804. The lowest BCUT2D eigenvalue weighted by Gasteiger charge is -2.41. The smallest absolute Gasteiger partial charge is 0.462 e. The maximum absolute atomic E-state index is 12.6. The number of hydrogen-bond acceptors (Lipinski definition) is 12. The first-order valence-electron chi connectivity index (χ1n) is 16.6. The molecule has 13 nitrogen and oxygen atoms in total. The topological polar surface area (TPSA) is 210 Å². The van der Waals surface area contributed by atoms with Crippen LogP contribution in [0, 0.1) is 0 Å². The van der Waals surface area contributed by atoms with Gasteiger partial charge in [-0.25, -0.2) is 4.57 Å². The van der Waals surface area contributed by atoms with E-state index in [1.165, 1.54) is 12.8 Å². The summed E-state index contributed by atoms with van der Waals surface area (Å²) in [5, 5.41) is 49.5. The van der Waals surface area contributed by atoms with E-state index >= 15 is 0 Å². The van der Waals surface area contributed by atoms with E-state index in [-0.39, 0.29) is 12.8 Å². The van der Waals surface area contributed by atoms with Gasteiger partial charge in [-0.2, -0.15) is 0 Å². The summed E-state index contributed by atoms with van der Waals surface area (Å²) >= 11 is 0. The lowest BCUT2D eigenvalue weighted by atomic mass is 9.85. The molecule has 0 aromatic heterocycles. The van der Waals surface area contributed by atoms with E-state index in [1.54, 1.807) is 0 Å². The second kappa shape index (κ2) is 24.5. The fraction of sp³-hybridized carbons (Fsp3) is 0.812. The summed E-state index contributed by atoms with van der Waals surface area (Å²) in [5.74, 6) is -1.15. The molecule has 6 N–H and O–H groups in total. The van der Waals surface area contributed by atoms with Gasteiger partial charge in [-0.05, 0) is 38.5 Å². The van der Waals surface area contributed by atoms with Crippen LogP contribution in [0.2, 0.25) is 0 Å². The number of allylic oxidation sites excluding steroid dienone is 4. The van der Waals surface area contributed by atoms with Crippen molar-refractivity contribution in [1.82, 2.24) is 0 Å². The molecule has 1 fully saturated rings. The molecule has 1 rings (SSSR count). The van der Waals surface area contributed by atoms with Crippen LogP contribution in [0.3, 0.4) is 0 Å². The fourth-order valence-electron chi connectivity index (χ4n) is 4.71. The van der Waals surface area contributed by atoms with Gasteiger partial charge in [0.1, 0.15) is 43.2 Å². The van der Waals surface area contributed by atoms with Gasteiger partial charge < -0.3 is 39.9 Å². The van der Waals surface area contributed by atoms with E-state index in [1.807, 2.05) is 6.92 Å². The van der Waals surface area contributed by atoms with E-state index in [9.17, 15) is 44.6 Å². The zero-order chi connectivity index (χ0) is 34.4. The Balaban J connectivity index is 2.53. The van der Waals surface area contributed by atoms with Crippen molar-refractivity contribution >= 4 is 19.8 Å². The molecule has 268 valence electrons. The van der Waals surface area contributed by atoms with Crippen LogP contribution in [-0.4, -0.2) is 98.3 Å². The standard InChI is InChI=1S/C32H57O13P/c1-3-5-7-8-9-10-11-12-13-14-15-16-17-19-21-26(34)44-24(22-42-25(33)20-18-6-4-2)23-43-46(40,41)45-32-30(38)28(36)27(35)29(37)31(32)39/h8-9,11-12,24,27-32,35-39H,3-7,10,13-23H2,1-2H3,(H,40,41)/b9-8-,12-11-. The predicted octanol–water partition coefficient (Wildman–Crippen LogP) is 3.77. The number of esters is 2. The third-order valence-electron chi connectivity index (χ3n) is 7.55. The Morgan fingerprint density at radius 2 is 1.20 bits per heavy atom. The van der Waals surface area contributed by atoms with Gasteiger partial charge in [0.05, 0.1) is 6.61 Å². The van der Waals surface area contributed by atoms with Crippen LogP contribution in [0.4, 0.5) is 0 Å². The monoisotopic (exact) mass is 680 g/mol. The third kappa shape index (κ3) is 18.0. The highest BCUT2D eigenvalue weighted by atomic mass is 31.2. The minimum atomic E-state index is -5.09. The molecule has 0 aromatic carbocycles. The maximum atomic E-state index is 12.6. The first kappa shape index (κ1) is 42.4. The molecular weight excluding hydrogens is 623 g/mol. The average molecular weight is 681 g/mol. The summed E-state index contributed by atoms with van der Waals surface area (Å²) in [6.07, 6.45) is 8.05. The number of carbonyl (C=O) groups is 2. The number of carbonyl (C=O) groups excluding carboxylic acids is 2. The Kier molecular flexibility index (Phi) is 22.5. The molecule has 0 heterocycles. The number of aliphatic hydroxyl groups is 5. The Hall–Kier alpha value is -1.67. The minimum Gasteiger partial charge on any atom is -0.462 e. The number of ether oxygens (including phenoxy) is 2. The Morgan fingerprint density at radius 3 is 1.83 bits per heavy atom. The lowest BCUT2D eigenvalue weighted by Crippen LogP contribution is -2.64. The molecule has 1 aliphatic carbocycles. The summed E-state index contributed by atoms with van der Waals surface area (Å²) in [6.45, 7) is 2.97. The van der Waals surface area contributed by atoms with Crippen LogP contribution in [-0.2, 0) is 32.7 Å². The highest BCUT2D eigenvalue weighted by molar-refractivity contribution is 7.47. The van der Waals surface area contributed by atoms with Gasteiger partial charge in [-0.15, -0.1) is 0 Å². The van der Waals surface area contributed by atoms with E-state index in [2.05, 4.69) is 31.2 Å². The number of aliphatic hydroxyl groups excluding tert-OH is 5. The van der Waals surface area contributed by atoms with Gasteiger partial charge in [0.25, 0.3) is 0 Å². The van der Waals surface area contributed by atoms with Crippen molar-refractivity contribution in [3.8, 4) is 0 Å². The van der Waals surface area contributed by atoms with E-state index < -0.39 is 75.7 Å². The lowest BCUT2D eigenvalue weighted by molar-refractivity contribution is -0.220. The zero-order valence-corrected chi connectivity index (χ0v) is 28.3. The fourth-order valence-corrected chi connectivity index (χ4v) is 5.68. The van der Waals surface area contributed by atoms with Crippen LogP contribution in [0.1, 0.15) is 110 Å². The SMILES string of the molecule is CCCC/C=C\C/C=C\CCCCCCCC(=O)OC(COC(=O)CCCCC)COP(=O)(O)OC1C(O)C(O)C(O)C(O)C1O. The van der Waals surface area contributed by atoms with Crippen molar-refractivity contribution in [2.45, 2.75) is 153 Å². The Bertz CT molecular complexity index is 927. The number of rotatable bonds is 25. The predicted molar refractivity (Wildman–Crippen MR) is 170 cm³/mol. The van der Waals surface area contributed by atoms with Gasteiger partial charge >= 0.3 is 19.8 Å². The van der Waals surface area contributed by atoms with Crippen LogP contribution in [0.25, 0.3) is 0 Å². The van der Waals surface area contributed by atoms with Crippen molar-refractivity contribution in [2.24, 2.45) is 0 Å². The van der Waals surface area contributed by atoms with Gasteiger partial charge in [0.2, 0.25) is 0 Å². The van der Waals surface area contributed by atoms with Crippen LogP contribution in [0.15, 0.2) is 24.3 Å². The first-order chi connectivity index (χ1) is 21.9. The summed E-state index contributed by atoms with van der Waals surface area (Å²) in [4.78, 5) is 34.8. The molecular formula is C32H57O13P. The molecule has 1 saturated carbocycles. The summed E-state index contributed by atoms with van der Waals surface area (Å²) in [7, 11) is -5.09. The number of unbranched alkanes of at least 4 members (excludes halogenated alkanes) is 9. The van der Waals surface area contributed by atoms with Crippen molar-refractivity contribution in [1.29, 1.82) is 0 Å². The quantitative estimate of drug-likeness (QED) is 0.0352. The van der Waals surface area contributed by atoms with Gasteiger partial charge in [-0.1, -0.05) is 83.1 Å². The number of phosphoric ester groups is 1. The maximum Gasteiger partial charge on any atom is 0.472 e. The van der Waals surface area contributed by atoms with Crippen molar-refractivity contribution in [3.63, 3.8) is 0 Å². The van der Waals surface area contributed by atoms with E-state index in [0.717, 1.165) is 57.8 Å². The van der Waals surface area contributed by atoms with Crippen LogP contribution in [0.5, 0.6) is 0 Å². The first-order valence-corrected chi connectivity index (χ1v) is 18.1. The molecule has 1 aliphatic rings. The molecule has 0 spiro atoms. The second-order valence-electron chi connectivity index (χ2n) is 11.7. The molecule has 0 aliphatic heterocycles. The van der Waals surface area contributed by atoms with Crippen molar-refractivity contribution in [3.05, 3.63) is 24.3 Å². The van der Waals surface area contributed by atoms with Crippen molar-refractivity contribution < 1.29 is 63.1 Å². The van der Waals surface area contributed by atoms with E-state index in [4.69, 9.17) is 18.5 Å². The summed E-state index contributed by atoms with van der Waals surface area (Å²) in [6, 6.07) is 0. The van der Waals surface area contributed by atoms with Crippen LogP contribution >= 0.6 is 7.82 Å². The molecule has 0 amide bonds. The molecule has 0 aromatic rings. The number of hydrogen-bond donors (Lipinski definition) is 6. The Morgan fingerprint density at radius 1 is 0.674 bits per heavy atom. The number of phosphoric acid groups is 1. The molecule has 6 atom stereocenters. The Labute approximate surface area is 273 Å². The third-order valence-corrected chi connectivity index (χ3v) is 8.53. The highest BCUT2D eigenvalue weighted by Gasteiger charge is 2.51. The molecule has 0 radical (unpaired) electrons. The molecule has 46 heavy (non-hydrogen) atoms.